The van der Waals surface area contributed by atoms with Gasteiger partial charge in [0.05, 0.1) is 21.3 Å². The first kappa shape index (κ1) is 20.9. The van der Waals surface area contributed by atoms with Crippen molar-refractivity contribution in [3.05, 3.63) is 54.1 Å². The first-order valence-electron chi connectivity index (χ1n) is 9.97. The topological polar surface area (TPSA) is 47.9 Å². The fourth-order valence-electron chi connectivity index (χ4n) is 4.63. The zero-order valence-corrected chi connectivity index (χ0v) is 18.5. The average molecular weight is 401 g/mol. The molecule has 1 N–H and O–H groups in total. The molecule has 0 aromatic heterocycles. The summed E-state index contributed by atoms with van der Waals surface area (Å²) in [5.74, 6) is 1.96. The van der Waals surface area contributed by atoms with Crippen molar-refractivity contribution in [1.29, 1.82) is 0 Å². The van der Waals surface area contributed by atoms with E-state index < -0.39 is 8.07 Å². The molecule has 2 aromatic carbocycles. The molecule has 0 aliphatic carbocycles. The molecule has 5 heteroatoms. The predicted octanol–water partition coefficient (Wildman–Crippen LogP) is 4.15. The Bertz CT molecular complexity index is 774. The zero-order chi connectivity index (χ0) is 20.3. The van der Waals surface area contributed by atoms with E-state index in [4.69, 9.17) is 14.2 Å². The lowest BCUT2D eigenvalue weighted by atomic mass is 9.86. The number of fused-ring (bicyclic) bond motifs is 1. The lowest BCUT2D eigenvalue weighted by Crippen LogP contribution is -2.54. The van der Waals surface area contributed by atoms with Gasteiger partial charge in [-0.1, -0.05) is 55.5 Å². The summed E-state index contributed by atoms with van der Waals surface area (Å²) in [6, 6.07) is 16.5. The zero-order valence-electron chi connectivity index (χ0n) is 17.5. The van der Waals surface area contributed by atoms with E-state index in [-0.39, 0.29) is 30.3 Å². The van der Waals surface area contributed by atoms with Gasteiger partial charge in [-0.3, -0.25) is 0 Å². The van der Waals surface area contributed by atoms with E-state index in [1.54, 1.807) is 14.2 Å². The van der Waals surface area contributed by atoms with Gasteiger partial charge in [0.15, 0.2) is 0 Å². The van der Waals surface area contributed by atoms with Gasteiger partial charge in [0, 0.05) is 25.2 Å². The summed E-state index contributed by atoms with van der Waals surface area (Å²) in [7, 11) is 1.50. The van der Waals surface area contributed by atoms with Crippen molar-refractivity contribution in [2.75, 3.05) is 20.8 Å². The Labute approximate surface area is 169 Å². The highest BCUT2D eigenvalue weighted by atomic mass is 28.3. The molecule has 28 heavy (non-hydrogen) atoms. The van der Waals surface area contributed by atoms with E-state index in [1.807, 2.05) is 30.3 Å². The SMILES string of the molecule is COc1ccc([Si](C)(C)C(CCO)[C@H]2Oc3ccccc3[C@@H](OC)[C@@H]2C)cc1. The number of hydrogen-bond acceptors (Lipinski definition) is 4. The Morgan fingerprint density at radius 2 is 1.75 bits per heavy atom. The lowest BCUT2D eigenvalue weighted by Gasteiger charge is -2.45. The highest BCUT2D eigenvalue weighted by Gasteiger charge is 2.46. The van der Waals surface area contributed by atoms with E-state index in [1.165, 1.54) is 5.19 Å². The summed E-state index contributed by atoms with van der Waals surface area (Å²) in [5.41, 5.74) is 1.37. The van der Waals surface area contributed by atoms with E-state index in [0.29, 0.717) is 0 Å². The first-order chi connectivity index (χ1) is 13.4. The molecule has 3 rings (SSSR count). The minimum Gasteiger partial charge on any atom is -0.497 e. The van der Waals surface area contributed by atoms with Crippen molar-refractivity contribution in [1.82, 2.24) is 0 Å². The van der Waals surface area contributed by atoms with Gasteiger partial charge in [0.25, 0.3) is 0 Å². The molecule has 0 bridgehead atoms. The number of aliphatic hydroxyl groups is 1. The van der Waals surface area contributed by atoms with Gasteiger partial charge in [0.2, 0.25) is 0 Å². The maximum absolute atomic E-state index is 9.88. The smallest absolute Gasteiger partial charge is 0.125 e. The van der Waals surface area contributed by atoms with Crippen LogP contribution in [0.15, 0.2) is 48.5 Å². The van der Waals surface area contributed by atoms with Crippen LogP contribution in [0.2, 0.25) is 18.6 Å². The van der Waals surface area contributed by atoms with E-state index in [0.717, 1.165) is 23.5 Å². The number of benzene rings is 2. The first-order valence-corrected chi connectivity index (χ1v) is 13.1. The van der Waals surface area contributed by atoms with Crippen molar-refractivity contribution >= 4 is 13.3 Å². The van der Waals surface area contributed by atoms with Crippen LogP contribution in [0.3, 0.4) is 0 Å². The van der Waals surface area contributed by atoms with Gasteiger partial charge in [-0.15, -0.1) is 0 Å². The molecule has 152 valence electrons. The summed E-state index contributed by atoms with van der Waals surface area (Å²) >= 11 is 0. The molecule has 0 fully saturated rings. The van der Waals surface area contributed by atoms with Crippen molar-refractivity contribution in [3.63, 3.8) is 0 Å². The molecule has 0 radical (unpaired) electrons. The Morgan fingerprint density at radius 1 is 1.07 bits per heavy atom. The van der Waals surface area contributed by atoms with Crippen LogP contribution in [0.1, 0.15) is 25.0 Å². The summed E-state index contributed by atoms with van der Waals surface area (Å²) < 4.78 is 17.8. The largest absolute Gasteiger partial charge is 0.497 e. The van der Waals surface area contributed by atoms with Crippen molar-refractivity contribution < 1.29 is 19.3 Å². The summed E-state index contributed by atoms with van der Waals surface area (Å²) in [5, 5.41) is 11.2. The van der Waals surface area contributed by atoms with Crippen molar-refractivity contribution in [2.45, 2.75) is 44.2 Å². The number of rotatable bonds is 7. The maximum Gasteiger partial charge on any atom is 0.125 e. The van der Waals surface area contributed by atoms with Crippen molar-refractivity contribution in [2.24, 2.45) is 5.92 Å². The minimum absolute atomic E-state index is 0.00295. The number of methoxy groups -OCH3 is 2. The third-order valence-corrected chi connectivity index (χ3v) is 10.6. The maximum atomic E-state index is 9.88. The van der Waals surface area contributed by atoms with E-state index in [2.05, 4.69) is 38.2 Å². The molecule has 0 spiro atoms. The Hall–Kier alpha value is -1.82. The molecular weight excluding hydrogens is 368 g/mol. The molecule has 0 amide bonds. The molecule has 1 aliphatic heterocycles. The van der Waals surface area contributed by atoms with Gasteiger partial charge < -0.3 is 19.3 Å². The fraction of sp³-hybridized carbons (Fsp3) is 0.478. The van der Waals surface area contributed by atoms with Crippen LogP contribution in [-0.2, 0) is 4.74 Å². The number of para-hydroxylation sites is 1. The molecule has 1 aliphatic rings. The predicted molar refractivity (Wildman–Crippen MR) is 115 cm³/mol. The van der Waals surface area contributed by atoms with Gasteiger partial charge in [-0.2, -0.15) is 0 Å². The van der Waals surface area contributed by atoms with Crippen molar-refractivity contribution in [3.8, 4) is 11.5 Å². The second-order valence-electron chi connectivity index (χ2n) is 8.20. The molecule has 1 unspecified atom stereocenters. The second kappa shape index (κ2) is 8.68. The number of ether oxygens (including phenoxy) is 3. The normalized spacial score (nSPS) is 22.9. The third kappa shape index (κ3) is 3.84. The van der Waals surface area contributed by atoms with Crippen LogP contribution in [0, 0.1) is 5.92 Å². The quantitative estimate of drug-likeness (QED) is 0.710. The van der Waals surface area contributed by atoms with Crippen LogP contribution in [0.25, 0.3) is 0 Å². The monoisotopic (exact) mass is 400 g/mol. The average Bonchev–Trinajstić information content (AvgIpc) is 2.71. The number of hydrogen-bond donors (Lipinski definition) is 1. The highest BCUT2D eigenvalue weighted by molar-refractivity contribution is 6.91. The van der Waals surface area contributed by atoms with Gasteiger partial charge in [0.1, 0.15) is 17.6 Å². The molecular formula is C23H32O4Si. The third-order valence-electron chi connectivity index (χ3n) is 6.34. The molecule has 0 saturated heterocycles. The minimum atomic E-state index is -1.95. The summed E-state index contributed by atoms with van der Waals surface area (Å²) in [6.07, 6.45) is 0.714. The summed E-state index contributed by atoms with van der Waals surface area (Å²) in [6.45, 7) is 7.10. The molecule has 4 atom stereocenters. The van der Waals surface area contributed by atoms with Gasteiger partial charge in [-0.05, 0) is 30.2 Å². The Morgan fingerprint density at radius 3 is 2.36 bits per heavy atom. The molecule has 0 saturated carbocycles. The molecule has 4 nitrogen and oxygen atoms in total. The molecule has 2 aromatic rings. The Kier molecular flexibility index (Phi) is 6.48. The van der Waals surface area contributed by atoms with E-state index in [9.17, 15) is 5.11 Å². The Balaban J connectivity index is 1.98. The molecule has 1 heterocycles. The van der Waals surface area contributed by atoms with Crippen LogP contribution in [-0.4, -0.2) is 40.1 Å². The van der Waals surface area contributed by atoms with E-state index >= 15 is 0 Å². The highest BCUT2D eigenvalue weighted by Crippen LogP contribution is 2.46. The van der Waals surface area contributed by atoms with Crippen LogP contribution >= 0.6 is 0 Å². The lowest BCUT2D eigenvalue weighted by molar-refractivity contribution is -0.0242. The second-order valence-corrected chi connectivity index (χ2v) is 13.0. The summed E-state index contributed by atoms with van der Waals surface area (Å²) in [4.78, 5) is 0. The number of aliphatic hydroxyl groups excluding tert-OH is 1. The van der Waals surface area contributed by atoms with Gasteiger partial charge in [-0.25, -0.2) is 0 Å². The van der Waals surface area contributed by atoms with Crippen LogP contribution in [0.4, 0.5) is 0 Å². The van der Waals surface area contributed by atoms with Gasteiger partial charge >= 0.3 is 0 Å². The fourth-order valence-corrected chi connectivity index (χ4v) is 8.13. The van der Waals surface area contributed by atoms with Crippen LogP contribution in [0.5, 0.6) is 11.5 Å². The van der Waals surface area contributed by atoms with Crippen LogP contribution < -0.4 is 14.7 Å². The standard InChI is InChI=1S/C23H32O4Si/c1-16-22(26-3)19-8-6-7-9-20(19)27-23(16)21(14-15-24)28(4,5)18-12-10-17(25-2)11-13-18/h6-13,16,21-24H,14-15H2,1-5H3/t16-,21?,22-,23-/m0/s1.